The fraction of sp³-hybridized carbons (Fsp3) is 0.250. The predicted octanol–water partition coefficient (Wildman–Crippen LogP) is 3.44. The molecule has 0 atom stereocenters. The van der Waals surface area contributed by atoms with E-state index >= 15 is 0 Å². The average molecular weight is 275 g/mol. The van der Waals surface area contributed by atoms with Crippen LogP contribution >= 0.6 is 11.6 Å². The van der Waals surface area contributed by atoms with Gasteiger partial charge < -0.3 is 5.32 Å². The molecule has 0 amide bonds. The van der Waals surface area contributed by atoms with Crippen LogP contribution in [-0.4, -0.2) is 18.6 Å². The Morgan fingerprint density at radius 3 is 2.67 bits per heavy atom. The van der Waals surface area contributed by atoms with Gasteiger partial charge in [-0.3, -0.25) is 4.99 Å². The predicted molar refractivity (Wildman–Crippen MR) is 64.9 cm³/mol. The Labute approximate surface area is 107 Å². The van der Waals surface area contributed by atoms with Gasteiger partial charge in [0.05, 0.1) is 5.71 Å². The molecule has 18 heavy (non-hydrogen) atoms. The van der Waals surface area contributed by atoms with Crippen molar-refractivity contribution in [2.24, 2.45) is 4.99 Å². The molecule has 0 aliphatic carbocycles. The van der Waals surface area contributed by atoms with E-state index in [9.17, 15) is 13.2 Å². The Hall–Kier alpha value is -1.49. The molecule has 0 fully saturated rings. The summed E-state index contributed by atoms with van der Waals surface area (Å²) in [5.41, 5.74) is 0.957. The average Bonchev–Trinajstić information content (AvgIpc) is 2.32. The van der Waals surface area contributed by atoms with Crippen LogP contribution in [0.25, 0.3) is 0 Å². The third kappa shape index (κ3) is 2.67. The summed E-state index contributed by atoms with van der Waals surface area (Å²) in [4.78, 5) is 4.02. The van der Waals surface area contributed by atoms with Gasteiger partial charge in [-0.15, -0.1) is 0 Å². The molecule has 0 aromatic heterocycles. The Morgan fingerprint density at radius 1 is 1.33 bits per heavy atom. The molecule has 96 valence electrons. The standard InChI is InChI=1S/C12H10ClF3N2/c1-7-4-8(2-3-9(7)13)10-5-11(12(14,15)16)18-6-17-10/h2-5,18H,6H2,1H3. The van der Waals surface area contributed by atoms with Crippen molar-refractivity contribution in [1.29, 1.82) is 0 Å². The summed E-state index contributed by atoms with van der Waals surface area (Å²) in [6.07, 6.45) is -3.38. The van der Waals surface area contributed by atoms with Gasteiger partial charge in [0.25, 0.3) is 0 Å². The number of alkyl halides is 3. The van der Waals surface area contributed by atoms with Gasteiger partial charge in [-0.25, -0.2) is 0 Å². The van der Waals surface area contributed by atoms with Crippen molar-refractivity contribution in [1.82, 2.24) is 5.32 Å². The Bertz CT molecular complexity index is 533. The molecule has 2 rings (SSSR count). The van der Waals surface area contributed by atoms with Gasteiger partial charge in [0, 0.05) is 10.6 Å². The Kier molecular flexibility index (Phi) is 3.34. The lowest BCUT2D eigenvalue weighted by Crippen LogP contribution is -2.30. The number of allylic oxidation sites excluding steroid dienone is 2. The monoisotopic (exact) mass is 274 g/mol. The van der Waals surface area contributed by atoms with Crippen molar-refractivity contribution >= 4 is 17.3 Å². The van der Waals surface area contributed by atoms with Crippen LogP contribution in [0.3, 0.4) is 0 Å². The first-order valence-electron chi connectivity index (χ1n) is 5.21. The van der Waals surface area contributed by atoms with Crippen molar-refractivity contribution in [3.05, 3.63) is 46.1 Å². The van der Waals surface area contributed by atoms with Gasteiger partial charge >= 0.3 is 6.18 Å². The number of halogens is 4. The minimum absolute atomic E-state index is 0.0810. The molecule has 1 N–H and O–H groups in total. The lowest BCUT2D eigenvalue weighted by molar-refractivity contribution is -0.0967. The van der Waals surface area contributed by atoms with E-state index in [-0.39, 0.29) is 6.67 Å². The zero-order valence-electron chi connectivity index (χ0n) is 9.48. The summed E-state index contributed by atoms with van der Waals surface area (Å²) in [5, 5.41) is 2.78. The molecular formula is C12H10ClF3N2. The fourth-order valence-electron chi connectivity index (χ4n) is 1.60. The number of rotatable bonds is 1. The summed E-state index contributed by atoms with van der Waals surface area (Å²) in [6, 6.07) is 5.03. The number of nitrogens with one attached hydrogen (secondary N) is 1. The summed E-state index contributed by atoms with van der Waals surface area (Å²) in [7, 11) is 0. The van der Waals surface area contributed by atoms with Crippen molar-refractivity contribution in [2.45, 2.75) is 13.1 Å². The van der Waals surface area contributed by atoms with Crippen LogP contribution in [0.5, 0.6) is 0 Å². The molecule has 0 bridgehead atoms. The fourth-order valence-corrected chi connectivity index (χ4v) is 1.72. The van der Waals surface area contributed by atoms with E-state index in [0.29, 0.717) is 16.3 Å². The van der Waals surface area contributed by atoms with Crippen LogP contribution in [0.15, 0.2) is 35.0 Å². The minimum atomic E-state index is -4.39. The van der Waals surface area contributed by atoms with Gasteiger partial charge in [0.1, 0.15) is 12.4 Å². The second kappa shape index (κ2) is 4.65. The quantitative estimate of drug-likeness (QED) is 0.833. The molecular weight excluding hydrogens is 265 g/mol. The smallest absolute Gasteiger partial charge is 0.362 e. The van der Waals surface area contributed by atoms with Gasteiger partial charge in [-0.1, -0.05) is 17.7 Å². The third-order valence-electron chi connectivity index (χ3n) is 2.56. The van der Waals surface area contributed by atoms with E-state index in [1.807, 2.05) is 0 Å². The maximum atomic E-state index is 12.6. The summed E-state index contributed by atoms with van der Waals surface area (Å²) in [6.45, 7) is 1.71. The normalized spacial score (nSPS) is 15.8. The van der Waals surface area contributed by atoms with Crippen LogP contribution < -0.4 is 5.32 Å². The second-order valence-electron chi connectivity index (χ2n) is 3.90. The van der Waals surface area contributed by atoms with E-state index in [1.165, 1.54) is 0 Å². The van der Waals surface area contributed by atoms with Crippen molar-refractivity contribution in [2.75, 3.05) is 6.67 Å². The number of benzene rings is 1. The van der Waals surface area contributed by atoms with Crippen LogP contribution in [-0.2, 0) is 0 Å². The lowest BCUT2D eigenvalue weighted by Gasteiger charge is -2.18. The van der Waals surface area contributed by atoms with Crippen molar-refractivity contribution in [3.63, 3.8) is 0 Å². The van der Waals surface area contributed by atoms with E-state index < -0.39 is 11.9 Å². The van der Waals surface area contributed by atoms with Gasteiger partial charge in [-0.2, -0.15) is 13.2 Å². The van der Waals surface area contributed by atoms with Crippen molar-refractivity contribution < 1.29 is 13.2 Å². The maximum Gasteiger partial charge on any atom is 0.431 e. The number of aryl methyl sites for hydroxylation is 1. The SMILES string of the molecule is Cc1cc(C2=NCNC(C(F)(F)F)=C2)ccc1Cl. The summed E-state index contributed by atoms with van der Waals surface area (Å²) >= 11 is 5.87. The van der Waals surface area contributed by atoms with E-state index in [0.717, 1.165) is 11.6 Å². The van der Waals surface area contributed by atoms with E-state index in [4.69, 9.17) is 11.6 Å². The molecule has 1 aromatic rings. The zero-order valence-corrected chi connectivity index (χ0v) is 10.2. The van der Waals surface area contributed by atoms with Crippen LogP contribution in [0.4, 0.5) is 13.2 Å². The molecule has 1 heterocycles. The number of aliphatic imine (C=N–C) groups is 1. The minimum Gasteiger partial charge on any atom is -0.362 e. The van der Waals surface area contributed by atoms with Gasteiger partial charge in [-0.05, 0) is 30.7 Å². The van der Waals surface area contributed by atoms with Crippen LogP contribution in [0, 0.1) is 6.92 Å². The Balaban J connectivity index is 2.37. The molecule has 6 heteroatoms. The van der Waals surface area contributed by atoms with E-state index in [2.05, 4.69) is 10.3 Å². The first-order valence-corrected chi connectivity index (χ1v) is 5.59. The summed E-state index contributed by atoms with van der Waals surface area (Å²) < 4.78 is 37.7. The number of hydrogen-bond donors (Lipinski definition) is 1. The highest BCUT2D eigenvalue weighted by Gasteiger charge is 2.35. The van der Waals surface area contributed by atoms with Crippen molar-refractivity contribution in [3.8, 4) is 0 Å². The highest BCUT2D eigenvalue weighted by atomic mass is 35.5. The molecule has 0 saturated heterocycles. The van der Waals surface area contributed by atoms with Crippen LogP contribution in [0.1, 0.15) is 11.1 Å². The molecule has 1 aliphatic heterocycles. The number of nitrogens with zero attached hydrogens (tertiary/aromatic N) is 1. The first-order chi connectivity index (χ1) is 8.38. The second-order valence-corrected chi connectivity index (χ2v) is 4.31. The zero-order chi connectivity index (χ0) is 13.3. The maximum absolute atomic E-state index is 12.6. The molecule has 0 radical (unpaired) electrons. The molecule has 0 unspecified atom stereocenters. The van der Waals surface area contributed by atoms with Crippen LogP contribution in [0.2, 0.25) is 5.02 Å². The molecule has 2 nitrogen and oxygen atoms in total. The Morgan fingerprint density at radius 2 is 2.06 bits per heavy atom. The molecule has 0 spiro atoms. The lowest BCUT2D eigenvalue weighted by atomic mass is 10.1. The van der Waals surface area contributed by atoms with Gasteiger partial charge in [0.15, 0.2) is 0 Å². The first kappa shape index (κ1) is 13.0. The highest BCUT2D eigenvalue weighted by molar-refractivity contribution is 6.31. The summed E-state index contributed by atoms with van der Waals surface area (Å²) in [5.74, 6) is 0. The van der Waals surface area contributed by atoms with E-state index in [1.54, 1.807) is 25.1 Å². The number of hydrogen-bond acceptors (Lipinski definition) is 2. The largest absolute Gasteiger partial charge is 0.431 e. The molecule has 0 saturated carbocycles. The third-order valence-corrected chi connectivity index (χ3v) is 2.98. The topological polar surface area (TPSA) is 24.4 Å². The highest BCUT2D eigenvalue weighted by Crippen LogP contribution is 2.26. The molecule has 1 aliphatic rings. The molecule has 1 aromatic carbocycles. The van der Waals surface area contributed by atoms with Gasteiger partial charge in [0.2, 0.25) is 0 Å².